The van der Waals surface area contributed by atoms with E-state index in [4.69, 9.17) is 5.26 Å². The first-order valence-electron chi connectivity index (χ1n) is 5.80. The van der Waals surface area contributed by atoms with E-state index < -0.39 is 0 Å². The van der Waals surface area contributed by atoms with E-state index in [9.17, 15) is 0 Å². The Morgan fingerprint density at radius 1 is 1.44 bits per heavy atom. The van der Waals surface area contributed by atoms with Crippen LogP contribution >= 0.6 is 0 Å². The smallest absolute Gasteiger partial charge is 0.101 e. The summed E-state index contributed by atoms with van der Waals surface area (Å²) in [5.74, 6) is 0.650. The van der Waals surface area contributed by atoms with Gasteiger partial charge in [0.1, 0.15) is 6.07 Å². The van der Waals surface area contributed by atoms with Crippen molar-refractivity contribution in [3.8, 4) is 6.07 Å². The molecule has 86 valence electrons. The summed E-state index contributed by atoms with van der Waals surface area (Å²) in [6, 6.07) is 8.22. The zero-order chi connectivity index (χ0) is 12.1. The number of hydrogen-bond acceptors (Lipinski definition) is 2. The van der Waals surface area contributed by atoms with Crippen LogP contribution in [0.2, 0.25) is 0 Å². The number of aryl methyl sites for hydroxylation is 1. The molecular formula is C14H20N2. The molecule has 0 N–H and O–H groups in total. The molecule has 1 aromatic carbocycles. The van der Waals surface area contributed by atoms with E-state index in [2.05, 4.69) is 44.9 Å². The van der Waals surface area contributed by atoms with Crippen LogP contribution in [0.4, 0.5) is 5.69 Å². The molecule has 16 heavy (non-hydrogen) atoms. The van der Waals surface area contributed by atoms with Gasteiger partial charge in [-0.3, -0.25) is 0 Å². The standard InChI is InChI=1S/C14H20N2/c1-5-11(2)10-16(4)14-8-12(3)6-7-13(14)9-15/h6-8,11H,5,10H2,1-4H3. The lowest BCUT2D eigenvalue weighted by atomic mass is 10.1. The Labute approximate surface area is 98.5 Å². The average Bonchev–Trinajstić information content (AvgIpc) is 2.28. The Balaban J connectivity index is 2.94. The number of nitrogens with zero attached hydrogens (tertiary/aromatic N) is 2. The van der Waals surface area contributed by atoms with Gasteiger partial charge in [0.15, 0.2) is 0 Å². The second kappa shape index (κ2) is 5.55. The highest BCUT2D eigenvalue weighted by Gasteiger charge is 2.09. The van der Waals surface area contributed by atoms with Gasteiger partial charge in [-0.2, -0.15) is 5.26 Å². The number of nitriles is 1. The van der Waals surface area contributed by atoms with Gasteiger partial charge in [-0.25, -0.2) is 0 Å². The zero-order valence-electron chi connectivity index (χ0n) is 10.6. The molecule has 0 aromatic heterocycles. The Bertz CT molecular complexity index is 390. The molecule has 0 spiro atoms. The third-order valence-electron chi connectivity index (χ3n) is 2.97. The van der Waals surface area contributed by atoms with Gasteiger partial charge in [-0.05, 0) is 30.5 Å². The summed E-state index contributed by atoms with van der Waals surface area (Å²) in [7, 11) is 2.06. The molecule has 0 saturated heterocycles. The predicted octanol–water partition coefficient (Wildman–Crippen LogP) is 3.35. The van der Waals surface area contributed by atoms with Crippen molar-refractivity contribution in [2.45, 2.75) is 27.2 Å². The third kappa shape index (κ3) is 3.00. The van der Waals surface area contributed by atoms with Crippen molar-refractivity contribution in [3.05, 3.63) is 29.3 Å². The van der Waals surface area contributed by atoms with E-state index in [0.29, 0.717) is 5.92 Å². The molecule has 0 aliphatic carbocycles. The predicted molar refractivity (Wildman–Crippen MR) is 68.6 cm³/mol. The molecule has 2 nitrogen and oxygen atoms in total. The molecule has 0 fully saturated rings. The molecule has 1 aromatic rings. The highest BCUT2D eigenvalue weighted by Crippen LogP contribution is 2.21. The molecule has 0 saturated carbocycles. The minimum Gasteiger partial charge on any atom is -0.373 e. The molecule has 1 atom stereocenters. The molecule has 0 amide bonds. The van der Waals surface area contributed by atoms with Crippen molar-refractivity contribution in [1.82, 2.24) is 0 Å². The van der Waals surface area contributed by atoms with Crippen molar-refractivity contribution in [2.24, 2.45) is 5.92 Å². The fourth-order valence-corrected chi connectivity index (χ4v) is 1.75. The normalized spacial score (nSPS) is 11.9. The van der Waals surface area contributed by atoms with Crippen LogP contribution in [0.1, 0.15) is 31.4 Å². The fraction of sp³-hybridized carbons (Fsp3) is 0.500. The van der Waals surface area contributed by atoms with E-state index in [1.165, 1.54) is 5.56 Å². The van der Waals surface area contributed by atoms with Crippen LogP contribution in [0.3, 0.4) is 0 Å². The Morgan fingerprint density at radius 2 is 2.12 bits per heavy atom. The quantitative estimate of drug-likeness (QED) is 0.771. The first-order valence-corrected chi connectivity index (χ1v) is 5.80. The monoisotopic (exact) mass is 216 g/mol. The first kappa shape index (κ1) is 12.6. The zero-order valence-corrected chi connectivity index (χ0v) is 10.6. The molecule has 1 rings (SSSR count). The third-order valence-corrected chi connectivity index (χ3v) is 2.97. The maximum Gasteiger partial charge on any atom is 0.101 e. The summed E-state index contributed by atoms with van der Waals surface area (Å²) in [5.41, 5.74) is 3.00. The molecule has 2 heteroatoms. The summed E-state index contributed by atoms with van der Waals surface area (Å²) in [5, 5.41) is 9.07. The van der Waals surface area contributed by atoms with Crippen molar-refractivity contribution in [1.29, 1.82) is 5.26 Å². The second-order valence-electron chi connectivity index (χ2n) is 4.53. The summed E-state index contributed by atoms with van der Waals surface area (Å²) in [4.78, 5) is 2.18. The number of rotatable bonds is 4. The van der Waals surface area contributed by atoms with Crippen LogP contribution in [-0.4, -0.2) is 13.6 Å². The van der Waals surface area contributed by atoms with Gasteiger partial charge in [0.05, 0.1) is 11.3 Å². The number of anilines is 1. The number of benzene rings is 1. The lowest BCUT2D eigenvalue weighted by Crippen LogP contribution is -2.24. The van der Waals surface area contributed by atoms with Gasteiger partial charge < -0.3 is 4.90 Å². The summed E-state index contributed by atoms with van der Waals surface area (Å²) in [6.45, 7) is 7.48. The van der Waals surface area contributed by atoms with Crippen LogP contribution in [-0.2, 0) is 0 Å². The van der Waals surface area contributed by atoms with Crippen molar-refractivity contribution >= 4 is 5.69 Å². The van der Waals surface area contributed by atoms with Crippen LogP contribution in [0.25, 0.3) is 0 Å². The van der Waals surface area contributed by atoms with Gasteiger partial charge in [0, 0.05) is 13.6 Å². The SMILES string of the molecule is CCC(C)CN(C)c1cc(C)ccc1C#N. The van der Waals surface area contributed by atoms with Crippen molar-refractivity contribution in [3.63, 3.8) is 0 Å². The average molecular weight is 216 g/mol. The van der Waals surface area contributed by atoms with E-state index >= 15 is 0 Å². The van der Waals surface area contributed by atoms with Crippen LogP contribution in [0, 0.1) is 24.2 Å². The Hall–Kier alpha value is -1.49. The van der Waals surface area contributed by atoms with E-state index in [-0.39, 0.29) is 0 Å². The topological polar surface area (TPSA) is 27.0 Å². The molecule has 0 bridgehead atoms. The highest BCUT2D eigenvalue weighted by atomic mass is 15.1. The molecule has 0 aliphatic rings. The molecular weight excluding hydrogens is 196 g/mol. The fourth-order valence-electron chi connectivity index (χ4n) is 1.75. The van der Waals surface area contributed by atoms with Crippen molar-refractivity contribution in [2.75, 3.05) is 18.5 Å². The van der Waals surface area contributed by atoms with Crippen LogP contribution in [0.5, 0.6) is 0 Å². The van der Waals surface area contributed by atoms with E-state index in [1.807, 2.05) is 12.1 Å². The van der Waals surface area contributed by atoms with Gasteiger partial charge in [0.2, 0.25) is 0 Å². The highest BCUT2D eigenvalue weighted by molar-refractivity contribution is 5.60. The summed E-state index contributed by atoms with van der Waals surface area (Å²) in [6.07, 6.45) is 1.16. The minimum atomic E-state index is 0.650. The van der Waals surface area contributed by atoms with Gasteiger partial charge in [0.25, 0.3) is 0 Å². The number of hydrogen-bond donors (Lipinski definition) is 0. The first-order chi connectivity index (χ1) is 7.58. The van der Waals surface area contributed by atoms with Crippen molar-refractivity contribution < 1.29 is 0 Å². The molecule has 1 unspecified atom stereocenters. The minimum absolute atomic E-state index is 0.650. The van der Waals surface area contributed by atoms with E-state index in [0.717, 1.165) is 24.2 Å². The van der Waals surface area contributed by atoms with Gasteiger partial charge in [-0.15, -0.1) is 0 Å². The van der Waals surface area contributed by atoms with Gasteiger partial charge >= 0.3 is 0 Å². The van der Waals surface area contributed by atoms with Crippen LogP contribution in [0.15, 0.2) is 18.2 Å². The van der Waals surface area contributed by atoms with Gasteiger partial charge in [-0.1, -0.05) is 26.3 Å². The summed E-state index contributed by atoms with van der Waals surface area (Å²) < 4.78 is 0. The maximum absolute atomic E-state index is 9.07. The summed E-state index contributed by atoms with van der Waals surface area (Å²) >= 11 is 0. The largest absolute Gasteiger partial charge is 0.373 e. The lowest BCUT2D eigenvalue weighted by Gasteiger charge is -2.24. The molecule has 0 aliphatic heterocycles. The Morgan fingerprint density at radius 3 is 2.69 bits per heavy atom. The Kier molecular flexibility index (Phi) is 4.37. The second-order valence-corrected chi connectivity index (χ2v) is 4.53. The lowest BCUT2D eigenvalue weighted by molar-refractivity contribution is 0.559. The molecule has 0 radical (unpaired) electrons. The molecule has 0 heterocycles. The van der Waals surface area contributed by atoms with Crippen LogP contribution < -0.4 is 4.90 Å². The maximum atomic E-state index is 9.07. The van der Waals surface area contributed by atoms with E-state index in [1.54, 1.807) is 0 Å².